The zero-order chi connectivity index (χ0) is 16.9. The summed E-state index contributed by atoms with van der Waals surface area (Å²) in [5.74, 6) is -0.522. The zero-order valence-electron chi connectivity index (χ0n) is 12.8. The van der Waals surface area contributed by atoms with Crippen LogP contribution in [0.5, 0.6) is 11.5 Å². The van der Waals surface area contributed by atoms with E-state index in [-0.39, 0.29) is 17.1 Å². The number of benzene rings is 2. The summed E-state index contributed by atoms with van der Waals surface area (Å²) in [5, 5.41) is 0. The fraction of sp³-hybridized carbons (Fsp3) is 0.188. The van der Waals surface area contributed by atoms with Crippen LogP contribution in [0.25, 0.3) is 0 Å². The topological polar surface area (TPSA) is 81.7 Å². The number of methoxy groups -OCH3 is 2. The summed E-state index contributed by atoms with van der Waals surface area (Å²) in [6.45, 7) is 0. The van der Waals surface area contributed by atoms with Gasteiger partial charge < -0.3 is 9.47 Å². The molecule has 0 saturated heterocycles. The Morgan fingerprint density at radius 2 is 1.70 bits per heavy atom. The molecular weight excluding hydrogens is 318 g/mol. The molecule has 0 heterocycles. The van der Waals surface area contributed by atoms with Crippen LogP contribution in [0.3, 0.4) is 0 Å². The van der Waals surface area contributed by atoms with Crippen LogP contribution in [0.4, 0.5) is 0 Å². The smallest absolute Gasteiger partial charge is 0.268 e. The summed E-state index contributed by atoms with van der Waals surface area (Å²) < 4.78 is 36.6. The van der Waals surface area contributed by atoms with Gasteiger partial charge in [-0.25, -0.2) is 13.1 Å². The van der Waals surface area contributed by atoms with Crippen LogP contribution in [0.2, 0.25) is 0 Å². The van der Waals surface area contributed by atoms with Gasteiger partial charge in [0.05, 0.1) is 25.5 Å². The third-order valence-electron chi connectivity index (χ3n) is 3.10. The quantitative estimate of drug-likeness (QED) is 0.873. The first-order valence-corrected chi connectivity index (χ1v) is 8.42. The molecule has 2 aromatic carbocycles. The van der Waals surface area contributed by atoms with Gasteiger partial charge in [0.2, 0.25) is 10.0 Å². The number of ether oxygens (including phenoxy) is 2. The molecule has 0 bridgehead atoms. The van der Waals surface area contributed by atoms with Gasteiger partial charge in [0.25, 0.3) is 5.91 Å². The van der Waals surface area contributed by atoms with Crippen molar-refractivity contribution in [2.24, 2.45) is 0 Å². The number of hydrogen-bond donors (Lipinski definition) is 1. The van der Waals surface area contributed by atoms with Gasteiger partial charge in [-0.1, -0.05) is 36.4 Å². The Hall–Kier alpha value is -2.54. The Bertz CT molecular complexity index is 787. The molecule has 0 fully saturated rings. The van der Waals surface area contributed by atoms with Crippen molar-refractivity contribution >= 4 is 15.9 Å². The summed E-state index contributed by atoms with van der Waals surface area (Å²) >= 11 is 0. The Morgan fingerprint density at radius 3 is 2.30 bits per heavy atom. The largest absolute Gasteiger partial charge is 0.493 e. The Kier molecular flexibility index (Phi) is 5.23. The molecule has 2 aromatic rings. The zero-order valence-corrected chi connectivity index (χ0v) is 13.6. The van der Waals surface area contributed by atoms with Crippen molar-refractivity contribution < 1.29 is 22.7 Å². The number of amides is 1. The van der Waals surface area contributed by atoms with Crippen LogP contribution in [0, 0.1) is 0 Å². The van der Waals surface area contributed by atoms with E-state index in [0.29, 0.717) is 11.3 Å². The lowest BCUT2D eigenvalue weighted by molar-refractivity contribution is 0.0978. The molecular formula is C16H17NO5S. The first kappa shape index (κ1) is 16.8. The number of para-hydroxylation sites is 1. The number of nitrogens with one attached hydrogen (secondary N) is 1. The highest BCUT2D eigenvalue weighted by atomic mass is 32.2. The number of carbonyl (C=O) groups excluding carboxylic acids is 1. The SMILES string of the molecule is COc1cccc(C(=O)NS(=O)(=O)Cc2ccccc2)c1OC. The second kappa shape index (κ2) is 7.15. The fourth-order valence-corrected chi connectivity index (χ4v) is 3.19. The molecule has 0 aliphatic carbocycles. The van der Waals surface area contributed by atoms with Crippen LogP contribution in [-0.2, 0) is 15.8 Å². The number of carbonyl (C=O) groups is 1. The first-order valence-electron chi connectivity index (χ1n) is 6.76. The number of rotatable bonds is 6. The summed E-state index contributed by atoms with van der Waals surface area (Å²) in [6.07, 6.45) is 0. The van der Waals surface area contributed by atoms with Crippen LogP contribution in [-0.4, -0.2) is 28.5 Å². The average molecular weight is 335 g/mol. The predicted molar refractivity (Wildman–Crippen MR) is 86.1 cm³/mol. The third kappa shape index (κ3) is 4.23. The predicted octanol–water partition coefficient (Wildman–Crippen LogP) is 1.96. The lowest BCUT2D eigenvalue weighted by Gasteiger charge is -2.12. The van der Waals surface area contributed by atoms with Gasteiger partial charge in [-0.15, -0.1) is 0 Å². The van der Waals surface area contributed by atoms with Crippen molar-refractivity contribution in [3.63, 3.8) is 0 Å². The highest BCUT2D eigenvalue weighted by Crippen LogP contribution is 2.30. The van der Waals surface area contributed by atoms with E-state index in [2.05, 4.69) is 0 Å². The number of hydrogen-bond acceptors (Lipinski definition) is 5. The molecule has 0 atom stereocenters. The molecule has 0 aliphatic rings. The van der Waals surface area contributed by atoms with Crippen LogP contribution in [0.15, 0.2) is 48.5 Å². The third-order valence-corrected chi connectivity index (χ3v) is 4.31. The number of sulfonamides is 1. The van der Waals surface area contributed by atoms with Gasteiger partial charge in [0.15, 0.2) is 11.5 Å². The minimum absolute atomic E-state index is 0.0866. The van der Waals surface area contributed by atoms with E-state index >= 15 is 0 Å². The summed E-state index contributed by atoms with van der Waals surface area (Å²) in [6, 6.07) is 13.3. The van der Waals surface area contributed by atoms with Crippen LogP contribution in [0.1, 0.15) is 15.9 Å². The van der Waals surface area contributed by atoms with E-state index in [1.165, 1.54) is 20.3 Å². The molecule has 1 amide bonds. The maximum absolute atomic E-state index is 12.3. The summed E-state index contributed by atoms with van der Waals surface area (Å²) in [7, 11) is -1.00. The lowest BCUT2D eigenvalue weighted by Crippen LogP contribution is -2.31. The highest BCUT2D eigenvalue weighted by molar-refractivity contribution is 7.89. The molecule has 0 saturated carbocycles. The van der Waals surface area contributed by atoms with E-state index in [0.717, 1.165) is 0 Å². The molecule has 7 heteroatoms. The molecule has 0 radical (unpaired) electrons. The van der Waals surface area contributed by atoms with Gasteiger partial charge >= 0.3 is 0 Å². The second-order valence-corrected chi connectivity index (χ2v) is 6.44. The van der Waals surface area contributed by atoms with Crippen molar-refractivity contribution in [2.75, 3.05) is 14.2 Å². The van der Waals surface area contributed by atoms with Gasteiger partial charge in [-0.3, -0.25) is 4.79 Å². The first-order chi connectivity index (χ1) is 11.0. The highest BCUT2D eigenvalue weighted by Gasteiger charge is 2.21. The molecule has 122 valence electrons. The van der Waals surface area contributed by atoms with Crippen molar-refractivity contribution in [1.29, 1.82) is 0 Å². The van der Waals surface area contributed by atoms with Gasteiger partial charge in [0, 0.05) is 0 Å². The Morgan fingerprint density at radius 1 is 1.00 bits per heavy atom. The Balaban J connectivity index is 2.22. The van der Waals surface area contributed by atoms with E-state index in [1.54, 1.807) is 42.5 Å². The van der Waals surface area contributed by atoms with Crippen molar-refractivity contribution in [3.05, 3.63) is 59.7 Å². The Labute approximate surface area is 135 Å². The van der Waals surface area contributed by atoms with Gasteiger partial charge in [0.1, 0.15) is 0 Å². The monoisotopic (exact) mass is 335 g/mol. The second-order valence-electron chi connectivity index (χ2n) is 4.72. The van der Waals surface area contributed by atoms with Gasteiger partial charge in [-0.05, 0) is 17.7 Å². The summed E-state index contributed by atoms with van der Waals surface area (Å²) in [5.41, 5.74) is 0.675. The van der Waals surface area contributed by atoms with E-state index in [1.807, 2.05) is 4.72 Å². The van der Waals surface area contributed by atoms with E-state index in [4.69, 9.17) is 9.47 Å². The minimum atomic E-state index is -3.82. The fourth-order valence-electron chi connectivity index (χ4n) is 2.09. The molecule has 0 aliphatic heterocycles. The summed E-state index contributed by atoms with van der Waals surface area (Å²) in [4.78, 5) is 12.3. The standard InChI is InChI=1S/C16H17NO5S/c1-21-14-10-6-9-13(15(14)22-2)16(18)17-23(19,20)11-12-7-4-3-5-8-12/h3-10H,11H2,1-2H3,(H,17,18). The van der Waals surface area contributed by atoms with Crippen molar-refractivity contribution in [1.82, 2.24) is 4.72 Å². The van der Waals surface area contributed by atoms with Gasteiger partial charge in [-0.2, -0.15) is 0 Å². The van der Waals surface area contributed by atoms with E-state index in [9.17, 15) is 13.2 Å². The van der Waals surface area contributed by atoms with Crippen molar-refractivity contribution in [3.8, 4) is 11.5 Å². The van der Waals surface area contributed by atoms with Crippen LogP contribution >= 0.6 is 0 Å². The molecule has 0 aromatic heterocycles. The molecule has 0 spiro atoms. The minimum Gasteiger partial charge on any atom is -0.493 e. The average Bonchev–Trinajstić information content (AvgIpc) is 2.53. The van der Waals surface area contributed by atoms with Crippen molar-refractivity contribution in [2.45, 2.75) is 5.75 Å². The lowest BCUT2D eigenvalue weighted by atomic mass is 10.2. The molecule has 6 nitrogen and oxygen atoms in total. The molecule has 0 unspecified atom stereocenters. The maximum atomic E-state index is 12.3. The van der Waals surface area contributed by atoms with Crippen LogP contribution < -0.4 is 14.2 Å². The molecule has 2 rings (SSSR count). The molecule has 1 N–H and O–H groups in total. The van der Waals surface area contributed by atoms with E-state index < -0.39 is 15.9 Å². The maximum Gasteiger partial charge on any atom is 0.268 e. The molecule has 23 heavy (non-hydrogen) atoms. The normalized spacial score (nSPS) is 10.9.